The molecule has 0 unspecified atom stereocenters. The fraction of sp³-hybridized carbons (Fsp3) is 0.158. The van der Waals surface area contributed by atoms with E-state index in [0.29, 0.717) is 21.4 Å². The van der Waals surface area contributed by atoms with Gasteiger partial charge in [0.2, 0.25) is 0 Å². The molecular weight excluding hydrogens is 322 g/mol. The van der Waals surface area contributed by atoms with Crippen LogP contribution in [0.5, 0.6) is 11.5 Å². The average molecular weight is 339 g/mol. The molecule has 1 aliphatic rings. The van der Waals surface area contributed by atoms with Gasteiger partial charge in [-0.2, -0.15) is 0 Å². The maximum absolute atomic E-state index is 12.2. The lowest BCUT2D eigenvalue weighted by Gasteiger charge is -2.10. The van der Waals surface area contributed by atoms with Crippen LogP contribution in [0.3, 0.4) is 0 Å². The first-order chi connectivity index (χ1) is 11.6. The second-order valence-corrected chi connectivity index (χ2v) is 6.31. The van der Waals surface area contributed by atoms with E-state index in [9.17, 15) is 4.79 Å². The zero-order valence-corrected chi connectivity index (χ0v) is 14.5. The molecule has 3 rings (SSSR count). The Kier molecular flexibility index (Phi) is 4.71. The van der Waals surface area contributed by atoms with Gasteiger partial charge in [0.05, 0.1) is 19.1 Å². The Morgan fingerprint density at radius 3 is 2.46 bits per heavy atom. The summed E-state index contributed by atoms with van der Waals surface area (Å²) >= 11 is 1.37. The van der Waals surface area contributed by atoms with Gasteiger partial charge in [-0.15, -0.1) is 0 Å². The summed E-state index contributed by atoms with van der Waals surface area (Å²) in [5.74, 6) is 0.993. The topological polar surface area (TPSA) is 47.9 Å². The van der Waals surface area contributed by atoms with Crippen molar-refractivity contribution in [2.45, 2.75) is 6.92 Å². The number of aliphatic imine (C=N–C) groups is 1. The van der Waals surface area contributed by atoms with Gasteiger partial charge in [-0.3, -0.25) is 4.79 Å². The van der Waals surface area contributed by atoms with Gasteiger partial charge in [-0.25, -0.2) is 4.99 Å². The molecule has 1 aliphatic heterocycles. The largest absolute Gasteiger partial charge is 0.493 e. The highest BCUT2D eigenvalue weighted by Gasteiger charge is 2.23. The van der Waals surface area contributed by atoms with Crippen LogP contribution in [0.15, 0.2) is 52.4 Å². The zero-order chi connectivity index (χ0) is 17.1. The molecule has 0 aliphatic carbocycles. The third-order valence-electron chi connectivity index (χ3n) is 3.64. The average Bonchev–Trinajstić information content (AvgIpc) is 2.96. The number of hydrogen-bond acceptors (Lipinski definition) is 4. The summed E-state index contributed by atoms with van der Waals surface area (Å²) in [5.41, 5.74) is 2.90. The number of aryl methyl sites for hydroxylation is 1. The van der Waals surface area contributed by atoms with Crippen molar-refractivity contribution < 1.29 is 14.3 Å². The van der Waals surface area contributed by atoms with Crippen LogP contribution in [-0.2, 0) is 4.79 Å². The summed E-state index contributed by atoms with van der Waals surface area (Å²) < 4.78 is 10.7. The molecule has 0 spiro atoms. The van der Waals surface area contributed by atoms with E-state index in [1.54, 1.807) is 20.3 Å². The number of hydrogen-bond donors (Lipinski definition) is 0. The molecule has 122 valence electrons. The number of benzene rings is 2. The number of ether oxygens (including phenoxy) is 2. The number of carbonyl (C=O) groups is 1. The molecule has 5 heteroatoms. The first kappa shape index (κ1) is 16.3. The number of para-hydroxylation sites is 1. The van der Waals surface area contributed by atoms with E-state index in [1.165, 1.54) is 17.3 Å². The fourth-order valence-corrected chi connectivity index (χ4v) is 3.31. The summed E-state index contributed by atoms with van der Waals surface area (Å²) in [6.07, 6.45) is 1.79. The molecular formula is C19H17NO3S. The van der Waals surface area contributed by atoms with E-state index in [1.807, 2.05) is 49.4 Å². The lowest BCUT2D eigenvalue weighted by molar-refractivity contribution is -0.113. The van der Waals surface area contributed by atoms with Gasteiger partial charge in [-0.05, 0) is 19.1 Å². The zero-order valence-electron chi connectivity index (χ0n) is 13.7. The third-order valence-corrected chi connectivity index (χ3v) is 4.67. The lowest BCUT2D eigenvalue weighted by Crippen LogP contribution is -1.94. The van der Waals surface area contributed by atoms with Crippen molar-refractivity contribution in [1.82, 2.24) is 0 Å². The quantitative estimate of drug-likeness (QED) is 0.788. The molecule has 0 bridgehead atoms. The van der Waals surface area contributed by atoms with Gasteiger partial charge in [0.1, 0.15) is 5.04 Å². The molecule has 0 atom stereocenters. The molecule has 0 N–H and O–H groups in total. The molecule has 1 amide bonds. The van der Waals surface area contributed by atoms with Crippen molar-refractivity contribution in [3.8, 4) is 11.5 Å². The Labute approximate surface area is 145 Å². The summed E-state index contributed by atoms with van der Waals surface area (Å²) in [6, 6.07) is 13.5. The van der Waals surface area contributed by atoms with E-state index in [4.69, 9.17) is 9.47 Å². The molecule has 0 aromatic heterocycles. The Bertz CT molecular complexity index is 838. The fourth-order valence-electron chi connectivity index (χ4n) is 2.40. The first-order valence-corrected chi connectivity index (χ1v) is 8.24. The summed E-state index contributed by atoms with van der Waals surface area (Å²) in [6.45, 7) is 2.03. The van der Waals surface area contributed by atoms with E-state index >= 15 is 0 Å². The van der Waals surface area contributed by atoms with E-state index in [0.717, 1.165) is 11.1 Å². The maximum Gasteiger partial charge on any atom is 0.284 e. The third kappa shape index (κ3) is 3.21. The van der Waals surface area contributed by atoms with Gasteiger partial charge < -0.3 is 9.47 Å². The number of amides is 1. The number of thioether (sulfide) groups is 1. The number of carbonyl (C=O) groups excluding carboxylic acids is 1. The van der Waals surface area contributed by atoms with Crippen molar-refractivity contribution in [3.05, 3.63) is 64.1 Å². The van der Waals surface area contributed by atoms with Crippen molar-refractivity contribution in [3.63, 3.8) is 0 Å². The summed E-state index contributed by atoms with van der Waals surface area (Å²) in [5, 5.41) is 0.716. The SMILES string of the molecule is COc1cccc(C=C2SC(c3ccc(C)cc3)=NC2=O)c1OC. The highest BCUT2D eigenvalue weighted by molar-refractivity contribution is 8.19. The van der Waals surface area contributed by atoms with Gasteiger partial charge in [0.25, 0.3) is 5.91 Å². The predicted octanol–water partition coefficient (Wildman–Crippen LogP) is 4.07. The summed E-state index contributed by atoms with van der Waals surface area (Å²) in [4.78, 5) is 17.0. The standard InChI is InChI=1S/C19H17NO3S/c1-12-7-9-13(10-8-12)19-20-18(21)16(24-19)11-14-5-4-6-15(22-2)17(14)23-3/h4-11H,1-3H3. The Morgan fingerprint density at radius 1 is 1.04 bits per heavy atom. The Hall–Kier alpha value is -2.53. The first-order valence-electron chi connectivity index (χ1n) is 7.43. The Morgan fingerprint density at radius 2 is 1.79 bits per heavy atom. The van der Waals surface area contributed by atoms with Crippen LogP contribution in [0.25, 0.3) is 6.08 Å². The van der Waals surface area contributed by atoms with Crippen molar-refractivity contribution >= 4 is 28.8 Å². The van der Waals surface area contributed by atoms with Crippen molar-refractivity contribution in [2.75, 3.05) is 14.2 Å². The molecule has 1 heterocycles. The van der Waals surface area contributed by atoms with Crippen LogP contribution in [0.4, 0.5) is 0 Å². The van der Waals surface area contributed by atoms with Gasteiger partial charge in [0.15, 0.2) is 11.5 Å². The molecule has 0 saturated carbocycles. The molecule has 0 saturated heterocycles. The number of nitrogens with zero attached hydrogens (tertiary/aromatic N) is 1. The predicted molar refractivity (Wildman–Crippen MR) is 97.8 cm³/mol. The number of rotatable bonds is 4. The van der Waals surface area contributed by atoms with E-state index in [-0.39, 0.29) is 5.91 Å². The second-order valence-electron chi connectivity index (χ2n) is 5.28. The van der Waals surface area contributed by atoms with Crippen LogP contribution in [0, 0.1) is 6.92 Å². The monoisotopic (exact) mass is 339 g/mol. The van der Waals surface area contributed by atoms with Crippen LogP contribution < -0.4 is 9.47 Å². The maximum atomic E-state index is 12.2. The summed E-state index contributed by atoms with van der Waals surface area (Å²) in [7, 11) is 3.17. The van der Waals surface area contributed by atoms with Crippen molar-refractivity contribution in [2.24, 2.45) is 4.99 Å². The highest BCUT2D eigenvalue weighted by atomic mass is 32.2. The second kappa shape index (κ2) is 6.93. The van der Waals surface area contributed by atoms with Gasteiger partial charge >= 0.3 is 0 Å². The molecule has 0 fully saturated rings. The minimum absolute atomic E-state index is 0.236. The van der Waals surface area contributed by atoms with Crippen LogP contribution in [0.2, 0.25) is 0 Å². The molecule has 4 nitrogen and oxygen atoms in total. The molecule has 2 aromatic rings. The minimum atomic E-state index is -0.236. The smallest absolute Gasteiger partial charge is 0.284 e. The molecule has 0 radical (unpaired) electrons. The van der Waals surface area contributed by atoms with Crippen LogP contribution in [-0.4, -0.2) is 25.2 Å². The Balaban J connectivity index is 1.91. The van der Waals surface area contributed by atoms with E-state index < -0.39 is 0 Å². The van der Waals surface area contributed by atoms with Crippen molar-refractivity contribution in [1.29, 1.82) is 0 Å². The molecule has 24 heavy (non-hydrogen) atoms. The normalized spacial score (nSPS) is 15.5. The van der Waals surface area contributed by atoms with Crippen LogP contribution >= 0.6 is 11.8 Å². The highest BCUT2D eigenvalue weighted by Crippen LogP contribution is 2.36. The number of methoxy groups -OCH3 is 2. The van der Waals surface area contributed by atoms with Gasteiger partial charge in [-0.1, -0.05) is 53.7 Å². The minimum Gasteiger partial charge on any atom is -0.493 e. The van der Waals surface area contributed by atoms with Gasteiger partial charge in [0, 0.05) is 11.1 Å². The molecule has 2 aromatic carbocycles. The van der Waals surface area contributed by atoms with Crippen LogP contribution in [0.1, 0.15) is 16.7 Å². The lowest BCUT2D eigenvalue weighted by atomic mass is 10.1. The van der Waals surface area contributed by atoms with E-state index in [2.05, 4.69) is 4.99 Å².